The van der Waals surface area contributed by atoms with Gasteiger partial charge in [-0.1, -0.05) is 23.7 Å². The number of rotatable bonds is 3. The molecule has 2 rings (SSSR count). The van der Waals surface area contributed by atoms with E-state index in [1.165, 1.54) is 4.90 Å². The van der Waals surface area contributed by atoms with Crippen molar-refractivity contribution in [2.75, 3.05) is 17.3 Å². The molecule has 0 aliphatic rings. The number of para-hydroxylation sites is 1. The Labute approximate surface area is 110 Å². The molecule has 4 heteroatoms. The van der Waals surface area contributed by atoms with Crippen LogP contribution in [0.15, 0.2) is 47.4 Å². The molecule has 0 aliphatic heterocycles. The van der Waals surface area contributed by atoms with E-state index >= 15 is 0 Å². The third kappa shape index (κ3) is 2.87. The first-order valence-electron chi connectivity index (χ1n) is 5.16. The molecule has 0 bridgehead atoms. The number of benzene rings is 2. The van der Waals surface area contributed by atoms with Crippen LogP contribution in [0.2, 0.25) is 5.02 Å². The largest absolute Gasteiger partial charge is 0.396 e. The maximum absolute atomic E-state index is 5.97. The van der Waals surface area contributed by atoms with Crippen LogP contribution in [-0.2, 0) is 0 Å². The molecule has 0 saturated heterocycles. The fraction of sp³-hybridized carbons (Fsp3) is 0.0769. The van der Waals surface area contributed by atoms with Crippen molar-refractivity contribution in [1.82, 2.24) is 0 Å². The summed E-state index contributed by atoms with van der Waals surface area (Å²) < 4.78 is 0. The van der Waals surface area contributed by atoms with E-state index in [-0.39, 0.29) is 0 Å². The number of hydrogen-bond acceptors (Lipinski definition) is 3. The van der Waals surface area contributed by atoms with Crippen LogP contribution in [0.1, 0.15) is 0 Å². The molecular weight excluding hydrogens is 252 g/mol. The van der Waals surface area contributed by atoms with E-state index < -0.39 is 0 Å². The lowest BCUT2D eigenvalue weighted by molar-refractivity contribution is 1.44. The highest BCUT2D eigenvalue weighted by atomic mass is 35.5. The highest BCUT2D eigenvalue weighted by Crippen LogP contribution is 2.30. The van der Waals surface area contributed by atoms with E-state index in [1.807, 2.05) is 30.5 Å². The molecule has 2 nitrogen and oxygen atoms in total. The molecule has 0 atom stereocenters. The smallest absolute Gasteiger partial charge is 0.0742 e. The fourth-order valence-electron chi connectivity index (χ4n) is 1.50. The quantitative estimate of drug-likeness (QED) is 0.638. The number of nitrogen functional groups attached to an aromatic ring is 1. The molecule has 3 N–H and O–H groups in total. The minimum absolute atomic E-state index is 0.566. The number of nitrogens with two attached hydrogens (primary N) is 1. The lowest BCUT2D eigenvalue weighted by atomic mass is 10.2. The number of anilines is 3. The van der Waals surface area contributed by atoms with Crippen molar-refractivity contribution in [2.45, 2.75) is 4.90 Å². The highest BCUT2D eigenvalue weighted by Gasteiger charge is 2.03. The van der Waals surface area contributed by atoms with Gasteiger partial charge in [-0.05, 0) is 36.6 Å². The first-order chi connectivity index (χ1) is 8.20. The zero-order valence-corrected chi connectivity index (χ0v) is 11.0. The Morgan fingerprint density at radius 3 is 2.71 bits per heavy atom. The third-order valence-corrected chi connectivity index (χ3v) is 3.46. The summed E-state index contributed by atoms with van der Waals surface area (Å²) in [6, 6.07) is 13.7. The second-order valence-corrected chi connectivity index (χ2v) is 4.84. The van der Waals surface area contributed by atoms with E-state index in [0.29, 0.717) is 10.7 Å². The minimum atomic E-state index is 0.566. The highest BCUT2D eigenvalue weighted by molar-refractivity contribution is 7.98. The van der Waals surface area contributed by atoms with Gasteiger partial charge in [0.25, 0.3) is 0 Å². The van der Waals surface area contributed by atoms with Crippen LogP contribution < -0.4 is 11.1 Å². The van der Waals surface area contributed by atoms with Crippen LogP contribution in [0.25, 0.3) is 0 Å². The standard InChI is InChI=1S/C13H13ClN2S/c1-17-10-5-2-4-9(8-10)16-12-7-3-6-11(14)13(12)15/h2-8,16H,15H2,1H3. The Kier molecular flexibility index (Phi) is 3.82. The molecule has 88 valence electrons. The average molecular weight is 265 g/mol. The number of halogens is 1. The lowest BCUT2D eigenvalue weighted by Crippen LogP contribution is -1.96. The van der Waals surface area contributed by atoms with Crippen LogP contribution in [-0.4, -0.2) is 6.26 Å². The molecule has 0 amide bonds. The van der Waals surface area contributed by atoms with Crippen LogP contribution in [0.4, 0.5) is 17.1 Å². The predicted octanol–water partition coefficient (Wildman–Crippen LogP) is 4.39. The topological polar surface area (TPSA) is 38.0 Å². The summed E-state index contributed by atoms with van der Waals surface area (Å²) in [5, 5.41) is 3.83. The molecule has 0 saturated carbocycles. The second-order valence-electron chi connectivity index (χ2n) is 3.56. The van der Waals surface area contributed by atoms with Gasteiger partial charge in [0, 0.05) is 10.6 Å². The molecule has 0 aliphatic carbocycles. The van der Waals surface area contributed by atoms with Gasteiger partial charge in [-0.3, -0.25) is 0 Å². The van der Waals surface area contributed by atoms with Gasteiger partial charge < -0.3 is 11.1 Å². The number of thioether (sulfide) groups is 1. The molecule has 0 heterocycles. The van der Waals surface area contributed by atoms with Crippen molar-refractivity contribution < 1.29 is 0 Å². The molecule has 0 spiro atoms. The van der Waals surface area contributed by atoms with Crippen LogP contribution in [0.3, 0.4) is 0 Å². The Hall–Kier alpha value is -1.32. The van der Waals surface area contributed by atoms with Crippen LogP contribution in [0, 0.1) is 0 Å². The lowest BCUT2D eigenvalue weighted by Gasteiger charge is -2.11. The monoisotopic (exact) mass is 264 g/mol. The van der Waals surface area contributed by atoms with Crippen molar-refractivity contribution in [2.24, 2.45) is 0 Å². The zero-order valence-electron chi connectivity index (χ0n) is 9.41. The van der Waals surface area contributed by atoms with Gasteiger partial charge in [0.1, 0.15) is 0 Å². The molecule has 17 heavy (non-hydrogen) atoms. The summed E-state index contributed by atoms with van der Waals surface area (Å²) in [6.07, 6.45) is 2.05. The molecule has 2 aromatic rings. The Balaban J connectivity index is 2.28. The maximum atomic E-state index is 5.97. The minimum Gasteiger partial charge on any atom is -0.396 e. The third-order valence-electron chi connectivity index (χ3n) is 2.40. The number of nitrogens with one attached hydrogen (secondary N) is 1. The summed E-state index contributed by atoms with van der Waals surface area (Å²) in [7, 11) is 0. The summed E-state index contributed by atoms with van der Waals surface area (Å²) in [5.41, 5.74) is 8.31. The molecule has 0 aromatic heterocycles. The van der Waals surface area contributed by atoms with Gasteiger partial charge in [-0.25, -0.2) is 0 Å². The zero-order chi connectivity index (χ0) is 12.3. The van der Waals surface area contributed by atoms with Crippen molar-refractivity contribution in [3.63, 3.8) is 0 Å². The van der Waals surface area contributed by atoms with E-state index in [0.717, 1.165) is 11.4 Å². The first-order valence-corrected chi connectivity index (χ1v) is 6.76. The Morgan fingerprint density at radius 2 is 1.94 bits per heavy atom. The summed E-state index contributed by atoms with van der Waals surface area (Å²) in [4.78, 5) is 1.20. The van der Waals surface area contributed by atoms with Crippen molar-refractivity contribution in [1.29, 1.82) is 0 Å². The molecule has 0 unspecified atom stereocenters. The van der Waals surface area contributed by atoms with Gasteiger partial charge >= 0.3 is 0 Å². The second kappa shape index (κ2) is 5.34. The van der Waals surface area contributed by atoms with Crippen LogP contribution in [0.5, 0.6) is 0 Å². The predicted molar refractivity (Wildman–Crippen MR) is 77.4 cm³/mol. The summed E-state index contributed by atoms with van der Waals surface area (Å²) >= 11 is 7.67. The Bertz CT molecular complexity index is 529. The SMILES string of the molecule is CSc1cccc(Nc2cccc(Cl)c2N)c1. The molecular formula is C13H13ClN2S. The Morgan fingerprint density at radius 1 is 1.18 bits per heavy atom. The van der Waals surface area contributed by atoms with Gasteiger partial charge in [-0.15, -0.1) is 11.8 Å². The van der Waals surface area contributed by atoms with Crippen molar-refractivity contribution >= 4 is 40.4 Å². The molecule has 0 radical (unpaired) electrons. The first kappa shape index (κ1) is 12.1. The van der Waals surface area contributed by atoms with E-state index in [2.05, 4.69) is 17.4 Å². The average Bonchev–Trinajstić information content (AvgIpc) is 2.35. The van der Waals surface area contributed by atoms with Gasteiger partial charge in [-0.2, -0.15) is 0 Å². The summed E-state index contributed by atoms with van der Waals surface area (Å²) in [5.74, 6) is 0. The van der Waals surface area contributed by atoms with Crippen molar-refractivity contribution in [3.8, 4) is 0 Å². The number of hydrogen-bond donors (Lipinski definition) is 2. The molecule has 0 fully saturated rings. The van der Waals surface area contributed by atoms with E-state index in [4.69, 9.17) is 17.3 Å². The normalized spacial score (nSPS) is 10.2. The van der Waals surface area contributed by atoms with Gasteiger partial charge in [0.2, 0.25) is 0 Å². The fourth-order valence-corrected chi connectivity index (χ4v) is 2.14. The van der Waals surface area contributed by atoms with Crippen molar-refractivity contribution in [3.05, 3.63) is 47.5 Å². The molecule has 2 aromatic carbocycles. The van der Waals surface area contributed by atoms with Crippen LogP contribution >= 0.6 is 23.4 Å². The van der Waals surface area contributed by atoms with E-state index in [1.54, 1.807) is 17.8 Å². The van der Waals surface area contributed by atoms with Gasteiger partial charge in [0.05, 0.1) is 16.4 Å². The maximum Gasteiger partial charge on any atom is 0.0742 e. The van der Waals surface area contributed by atoms with E-state index in [9.17, 15) is 0 Å². The van der Waals surface area contributed by atoms with Gasteiger partial charge in [0.15, 0.2) is 0 Å². The summed E-state index contributed by atoms with van der Waals surface area (Å²) in [6.45, 7) is 0.